The normalized spacial score (nSPS) is 13.9. The summed E-state index contributed by atoms with van der Waals surface area (Å²) in [7, 11) is 0. The van der Waals surface area contributed by atoms with Gasteiger partial charge < -0.3 is 58.5 Å². The zero-order chi connectivity index (χ0) is 35.1. The molecule has 5 atom stereocenters. The van der Waals surface area contributed by atoms with Gasteiger partial charge in [0.1, 0.15) is 35.7 Å². The van der Waals surface area contributed by atoms with Crippen molar-refractivity contribution in [2.45, 2.75) is 62.8 Å². The van der Waals surface area contributed by atoms with Crippen LogP contribution in [0.4, 0.5) is 0 Å². The number of aliphatic carboxylic acids is 1. The summed E-state index contributed by atoms with van der Waals surface area (Å²) in [4.78, 5) is 64.1. The third-order valence-electron chi connectivity index (χ3n) is 6.85. The highest BCUT2D eigenvalue weighted by Crippen LogP contribution is 2.13. The fourth-order valence-corrected chi connectivity index (χ4v) is 4.26. The average Bonchev–Trinajstić information content (AvgIpc) is 3.02. The number of amides is 4. The van der Waals surface area contributed by atoms with E-state index in [-0.39, 0.29) is 49.7 Å². The number of nitrogens with one attached hydrogen (secondary N) is 6. The molecule has 0 aliphatic rings. The average molecular weight is 659 g/mol. The van der Waals surface area contributed by atoms with Crippen molar-refractivity contribution in [2.24, 2.45) is 11.5 Å². The molecule has 2 aromatic rings. The lowest BCUT2D eigenvalue weighted by atomic mass is 10.0. The van der Waals surface area contributed by atoms with E-state index in [1.54, 1.807) is 0 Å². The monoisotopic (exact) mass is 658 g/mol. The van der Waals surface area contributed by atoms with Crippen LogP contribution in [-0.2, 0) is 36.8 Å². The third kappa shape index (κ3) is 13.2. The Labute approximate surface area is 270 Å². The summed E-state index contributed by atoms with van der Waals surface area (Å²) in [6.45, 7) is 0.651. The highest BCUT2D eigenvalue weighted by atomic mass is 16.4. The van der Waals surface area contributed by atoms with E-state index >= 15 is 0 Å². The van der Waals surface area contributed by atoms with Gasteiger partial charge in [0.25, 0.3) is 0 Å². The van der Waals surface area contributed by atoms with Crippen molar-refractivity contribution in [3.05, 3.63) is 59.7 Å². The number of aromatic hydroxyl groups is 2. The van der Waals surface area contributed by atoms with E-state index in [1.165, 1.54) is 55.5 Å². The lowest BCUT2D eigenvalue weighted by Gasteiger charge is -2.26. The van der Waals surface area contributed by atoms with Crippen LogP contribution in [0.1, 0.15) is 30.9 Å². The highest BCUT2D eigenvalue weighted by molar-refractivity contribution is 5.95. The van der Waals surface area contributed by atoms with Gasteiger partial charge in [-0.05, 0) is 55.2 Å². The number of carbonyl (C=O) groups is 5. The molecule has 0 aliphatic heterocycles. The van der Waals surface area contributed by atoms with E-state index in [9.17, 15) is 44.4 Å². The molecule has 2 rings (SSSR count). The van der Waals surface area contributed by atoms with Crippen molar-refractivity contribution >= 4 is 35.6 Å². The Balaban J connectivity index is 2.21. The predicted octanol–water partition coefficient (Wildman–Crippen LogP) is -2.49. The maximum absolute atomic E-state index is 13.3. The van der Waals surface area contributed by atoms with E-state index in [2.05, 4.69) is 26.6 Å². The summed E-state index contributed by atoms with van der Waals surface area (Å²) in [5.74, 6) is -5.09. The van der Waals surface area contributed by atoms with Crippen LogP contribution in [-0.4, -0.2) is 99.3 Å². The molecule has 14 N–H and O–H groups in total. The quantitative estimate of drug-likeness (QED) is 0.0450. The highest BCUT2D eigenvalue weighted by Gasteiger charge is 2.31. The second-order valence-electron chi connectivity index (χ2n) is 10.8. The predicted molar refractivity (Wildman–Crippen MR) is 169 cm³/mol. The number of phenols is 2. The largest absolute Gasteiger partial charge is 0.508 e. The summed E-state index contributed by atoms with van der Waals surface area (Å²) in [5.41, 5.74) is 12.0. The van der Waals surface area contributed by atoms with E-state index < -0.39 is 66.4 Å². The Morgan fingerprint density at radius 1 is 0.723 bits per heavy atom. The molecule has 0 bridgehead atoms. The van der Waals surface area contributed by atoms with Crippen molar-refractivity contribution in [1.29, 1.82) is 5.41 Å². The van der Waals surface area contributed by atoms with Crippen molar-refractivity contribution < 1.29 is 44.4 Å². The maximum Gasteiger partial charge on any atom is 0.326 e. The first kappa shape index (κ1) is 37.8. The Kier molecular flexibility index (Phi) is 14.9. The number of guanidine groups is 1. The number of carboxylic acids is 1. The molecular formula is C30H42N8O9. The summed E-state index contributed by atoms with van der Waals surface area (Å²) in [5, 5.41) is 58.3. The lowest BCUT2D eigenvalue weighted by molar-refractivity contribution is -0.142. The minimum Gasteiger partial charge on any atom is -0.508 e. The van der Waals surface area contributed by atoms with Crippen LogP contribution in [0.5, 0.6) is 11.5 Å². The fourth-order valence-electron chi connectivity index (χ4n) is 4.26. The van der Waals surface area contributed by atoms with Gasteiger partial charge in [-0.1, -0.05) is 24.3 Å². The molecule has 17 heteroatoms. The molecule has 0 spiro atoms. The number of hydrogen-bond acceptors (Lipinski definition) is 10. The number of rotatable bonds is 18. The van der Waals surface area contributed by atoms with E-state index in [0.29, 0.717) is 11.1 Å². The van der Waals surface area contributed by atoms with Crippen molar-refractivity contribution in [2.75, 3.05) is 13.2 Å². The first-order valence-corrected chi connectivity index (χ1v) is 14.6. The summed E-state index contributed by atoms with van der Waals surface area (Å²) in [6.07, 6.45) is -0.0554. The first-order valence-electron chi connectivity index (χ1n) is 14.6. The Morgan fingerprint density at radius 2 is 1.15 bits per heavy atom. The first-order chi connectivity index (χ1) is 22.2. The molecule has 0 radical (unpaired) electrons. The molecule has 47 heavy (non-hydrogen) atoms. The van der Waals surface area contributed by atoms with Crippen molar-refractivity contribution in [3.63, 3.8) is 0 Å². The topological polar surface area (TPSA) is 302 Å². The Morgan fingerprint density at radius 3 is 1.62 bits per heavy atom. The molecule has 256 valence electrons. The molecule has 0 fully saturated rings. The number of nitrogens with two attached hydrogens (primary N) is 2. The van der Waals surface area contributed by atoms with Crippen LogP contribution in [0.2, 0.25) is 0 Å². The second-order valence-corrected chi connectivity index (χ2v) is 10.8. The van der Waals surface area contributed by atoms with Gasteiger partial charge in [-0.15, -0.1) is 0 Å². The number of phenolic OH excluding ortho intramolecular Hbond substituents is 2. The number of carbonyl (C=O) groups excluding carboxylic acids is 4. The smallest absolute Gasteiger partial charge is 0.326 e. The zero-order valence-corrected chi connectivity index (χ0v) is 25.7. The summed E-state index contributed by atoms with van der Waals surface area (Å²) < 4.78 is 0. The molecule has 4 amide bonds. The summed E-state index contributed by atoms with van der Waals surface area (Å²) >= 11 is 0. The van der Waals surface area contributed by atoms with Crippen LogP contribution in [0.25, 0.3) is 0 Å². The minimum atomic E-state index is -1.59. The van der Waals surface area contributed by atoms with Gasteiger partial charge in [0, 0.05) is 19.4 Å². The van der Waals surface area contributed by atoms with E-state index in [1.807, 2.05) is 0 Å². The second kappa shape index (κ2) is 18.5. The van der Waals surface area contributed by atoms with E-state index in [4.69, 9.17) is 16.9 Å². The zero-order valence-electron chi connectivity index (χ0n) is 25.7. The minimum absolute atomic E-state index is 0.0166. The van der Waals surface area contributed by atoms with Crippen LogP contribution in [0.3, 0.4) is 0 Å². The fraction of sp³-hybridized carbons (Fsp3) is 0.400. The molecule has 0 saturated carbocycles. The van der Waals surface area contributed by atoms with Crippen molar-refractivity contribution in [1.82, 2.24) is 26.6 Å². The van der Waals surface area contributed by atoms with Gasteiger partial charge in [0.05, 0.1) is 12.6 Å². The number of hydrogen-bond donors (Lipinski definition) is 12. The molecule has 0 saturated heterocycles. The molecule has 2 aromatic carbocycles. The number of carboxylic acid groups (broad SMARTS) is 1. The van der Waals surface area contributed by atoms with Crippen LogP contribution in [0.15, 0.2) is 48.5 Å². The third-order valence-corrected chi connectivity index (χ3v) is 6.85. The standard InChI is InChI=1S/C30H42N8O9/c1-16(31)25(42)36-22(13-17-4-8-19(40)9-5-17)27(44)38-24(15-39)28(45)35-21(3-2-12-34-30(32)33)26(43)37-23(29(46)47)14-18-6-10-20(41)11-7-18/h4-11,16,21-24,39-41H,2-3,12-15,31H2,1H3,(H,35,45)(H,36,42)(H,37,43)(H,38,44)(H,46,47)(H4,32,33,34)/t16-,21-,22-,23-,24-/m0/s1. The van der Waals surface area contributed by atoms with Gasteiger partial charge in [0.2, 0.25) is 23.6 Å². The van der Waals surface area contributed by atoms with Gasteiger partial charge in [-0.25, -0.2) is 4.79 Å². The van der Waals surface area contributed by atoms with E-state index in [0.717, 1.165) is 0 Å². The number of aliphatic hydroxyl groups excluding tert-OH is 1. The Bertz CT molecular complexity index is 1390. The van der Waals surface area contributed by atoms with Gasteiger partial charge in [-0.3, -0.25) is 24.6 Å². The molecule has 0 unspecified atom stereocenters. The van der Waals surface area contributed by atoms with Gasteiger partial charge >= 0.3 is 5.97 Å². The van der Waals surface area contributed by atoms with Crippen LogP contribution in [0, 0.1) is 5.41 Å². The number of benzene rings is 2. The van der Waals surface area contributed by atoms with Gasteiger partial charge in [0.15, 0.2) is 5.96 Å². The van der Waals surface area contributed by atoms with Crippen LogP contribution >= 0.6 is 0 Å². The Hall–Kier alpha value is -5.42. The van der Waals surface area contributed by atoms with Crippen molar-refractivity contribution in [3.8, 4) is 11.5 Å². The summed E-state index contributed by atoms with van der Waals surface area (Å²) in [6, 6.07) is 4.98. The maximum atomic E-state index is 13.3. The molecule has 0 aromatic heterocycles. The molecule has 17 nitrogen and oxygen atoms in total. The SMILES string of the molecule is C[C@H](N)C(=O)N[C@@H](Cc1ccc(O)cc1)C(=O)N[C@@H](CO)C(=O)N[C@@H](CCCNC(=N)N)C(=O)N[C@@H](Cc1ccc(O)cc1)C(=O)O. The van der Waals surface area contributed by atoms with Gasteiger partial charge in [-0.2, -0.15) is 0 Å². The lowest BCUT2D eigenvalue weighted by Crippen LogP contribution is -2.59. The number of aliphatic hydroxyl groups is 1. The van der Waals surface area contributed by atoms with Crippen LogP contribution < -0.4 is 38.1 Å². The molecule has 0 aliphatic carbocycles. The molecular weight excluding hydrogens is 616 g/mol. The molecule has 0 heterocycles.